The van der Waals surface area contributed by atoms with Gasteiger partial charge >= 0.3 is 6.03 Å². The monoisotopic (exact) mass is 209 g/mol. The Morgan fingerprint density at radius 1 is 1.40 bits per heavy atom. The molecule has 4 nitrogen and oxygen atoms in total. The zero-order valence-corrected chi connectivity index (χ0v) is 9.36. The molecular formula is C11H19N3O. The number of primary amides is 1. The Kier molecular flexibility index (Phi) is 2.67. The predicted molar refractivity (Wildman–Crippen MR) is 59.3 cm³/mol. The molecule has 84 valence electrons. The minimum absolute atomic E-state index is 0.551. The van der Waals surface area contributed by atoms with E-state index in [-0.39, 0.29) is 0 Å². The van der Waals surface area contributed by atoms with Gasteiger partial charge in [-0.2, -0.15) is 5.10 Å². The lowest BCUT2D eigenvalue weighted by Crippen LogP contribution is -2.30. The highest BCUT2D eigenvalue weighted by Gasteiger charge is 2.46. The first kappa shape index (κ1) is 10.5. The highest BCUT2D eigenvalue weighted by Crippen LogP contribution is 2.52. The second kappa shape index (κ2) is 3.83. The summed E-state index contributed by atoms with van der Waals surface area (Å²) in [6.45, 7) is 4.30. The maximum atomic E-state index is 10.6. The van der Waals surface area contributed by atoms with Gasteiger partial charge in [-0.1, -0.05) is 6.92 Å². The second-order valence-corrected chi connectivity index (χ2v) is 4.95. The first-order chi connectivity index (χ1) is 7.09. The third kappa shape index (κ3) is 1.85. The van der Waals surface area contributed by atoms with Gasteiger partial charge in [0.2, 0.25) is 0 Å². The van der Waals surface area contributed by atoms with Gasteiger partial charge in [-0.05, 0) is 43.9 Å². The third-order valence-corrected chi connectivity index (χ3v) is 4.16. The molecule has 2 aliphatic carbocycles. The van der Waals surface area contributed by atoms with E-state index in [2.05, 4.69) is 17.5 Å². The van der Waals surface area contributed by atoms with E-state index in [0.29, 0.717) is 11.8 Å². The summed E-state index contributed by atoms with van der Waals surface area (Å²) in [6.07, 6.45) is 4.04. The molecule has 0 saturated heterocycles. The van der Waals surface area contributed by atoms with Crippen molar-refractivity contribution in [1.82, 2.24) is 5.43 Å². The molecule has 2 rings (SSSR count). The van der Waals surface area contributed by atoms with Crippen LogP contribution in [-0.2, 0) is 0 Å². The molecule has 0 aliphatic heterocycles. The van der Waals surface area contributed by atoms with Crippen molar-refractivity contribution in [3.63, 3.8) is 0 Å². The van der Waals surface area contributed by atoms with Gasteiger partial charge in [0.15, 0.2) is 0 Å². The lowest BCUT2D eigenvalue weighted by Gasteiger charge is -2.27. The van der Waals surface area contributed by atoms with E-state index >= 15 is 0 Å². The molecule has 0 aromatic carbocycles. The smallest absolute Gasteiger partial charge is 0.332 e. The maximum absolute atomic E-state index is 10.6. The minimum atomic E-state index is -0.579. The van der Waals surface area contributed by atoms with Crippen LogP contribution in [0.15, 0.2) is 5.10 Å². The van der Waals surface area contributed by atoms with Gasteiger partial charge in [0.05, 0.1) is 0 Å². The van der Waals surface area contributed by atoms with Gasteiger partial charge < -0.3 is 5.73 Å². The fourth-order valence-electron chi connectivity index (χ4n) is 3.52. The number of hydrogen-bond acceptors (Lipinski definition) is 2. The number of nitrogens with two attached hydrogens (primary N) is 1. The van der Waals surface area contributed by atoms with Crippen molar-refractivity contribution in [2.45, 2.75) is 33.1 Å². The molecule has 0 aromatic heterocycles. The number of urea groups is 1. The minimum Gasteiger partial charge on any atom is -0.350 e. The number of fused-ring (bicyclic) bond motifs is 2. The quantitative estimate of drug-likeness (QED) is 0.527. The molecule has 0 aromatic rings. The summed E-state index contributed by atoms with van der Waals surface area (Å²) in [6, 6.07) is -0.579. The number of carbonyl (C=O) groups excluding carboxylic acids is 1. The van der Waals surface area contributed by atoms with Gasteiger partial charge in [0, 0.05) is 11.6 Å². The Labute approximate surface area is 90.3 Å². The molecule has 0 heterocycles. The number of amides is 2. The van der Waals surface area contributed by atoms with Crippen LogP contribution in [0.4, 0.5) is 4.79 Å². The van der Waals surface area contributed by atoms with E-state index in [1.807, 2.05) is 6.92 Å². The van der Waals surface area contributed by atoms with Gasteiger partial charge in [-0.15, -0.1) is 0 Å². The van der Waals surface area contributed by atoms with Crippen LogP contribution in [0.1, 0.15) is 33.1 Å². The largest absolute Gasteiger partial charge is 0.350 e. The summed E-state index contributed by atoms with van der Waals surface area (Å²) in [5.41, 5.74) is 8.36. The Balaban J connectivity index is 2.04. The van der Waals surface area contributed by atoms with Crippen LogP contribution < -0.4 is 11.2 Å². The molecule has 0 spiro atoms. The van der Waals surface area contributed by atoms with Crippen molar-refractivity contribution in [2.24, 2.45) is 34.5 Å². The fourth-order valence-corrected chi connectivity index (χ4v) is 3.52. The molecule has 3 N–H and O–H groups in total. The standard InChI is InChI=1S/C11H19N3O/c1-6-8-3-4-9(5-8)10(6)7(2)13-14-11(12)15/h6,8-10H,3-5H2,1-2H3,(H3,12,14,15). The van der Waals surface area contributed by atoms with Gasteiger partial charge in [0.25, 0.3) is 0 Å². The number of hydrazone groups is 1. The van der Waals surface area contributed by atoms with Gasteiger partial charge in [0.1, 0.15) is 0 Å². The summed E-state index contributed by atoms with van der Waals surface area (Å²) in [5.74, 6) is 2.92. The van der Waals surface area contributed by atoms with E-state index < -0.39 is 6.03 Å². The third-order valence-electron chi connectivity index (χ3n) is 4.16. The van der Waals surface area contributed by atoms with Crippen LogP contribution in [0.25, 0.3) is 0 Å². The van der Waals surface area contributed by atoms with Crippen LogP contribution in [-0.4, -0.2) is 11.7 Å². The Morgan fingerprint density at radius 2 is 2.07 bits per heavy atom. The summed E-state index contributed by atoms with van der Waals surface area (Å²) in [7, 11) is 0. The highest BCUT2D eigenvalue weighted by atomic mass is 16.2. The van der Waals surface area contributed by atoms with Crippen LogP contribution in [0.3, 0.4) is 0 Å². The van der Waals surface area contributed by atoms with Crippen LogP contribution in [0.5, 0.6) is 0 Å². The number of nitrogens with zero attached hydrogens (tertiary/aromatic N) is 1. The molecule has 4 atom stereocenters. The number of hydrogen-bond donors (Lipinski definition) is 2. The Morgan fingerprint density at radius 3 is 2.60 bits per heavy atom. The molecule has 2 amide bonds. The first-order valence-corrected chi connectivity index (χ1v) is 5.69. The van der Waals surface area contributed by atoms with Crippen molar-refractivity contribution in [1.29, 1.82) is 0 Å². The average molecular weight is 209 g/mol. The second-order valence-electron chi connectivity index (χ2n) is 4.95. The van der Waals surface area contributed by atoms with Crippen LogP contribution >= 0.6 is 0 Å². The van der Waals surface area contributed by atoms with E-state index in [1.165, 1.54) is 19.3 Å². The lowest BCUT2D eigenvalue weighted by atomic mass is 9.78. The average Bonchev–Trinajstić information content (AvgIpc) is 2.74. The molecule has 15 heavy (non-hydrogen) atoms. The Bertz CT molecular complexity index is 298. The van der Waals surface area contributed by atoms with E-state index in [0.717, 1.165) is 17.5 Å². The van der Waals surface area contributed by atoms with Crippen LogP contribution in [0.2, 0.25) is 0 Å². The number of nitrogens with one attached hydrogen (secondary N) is 1. The molecule has 4 heteroatoms. The molecule has 0 radical (unpaired) electrons. The normalized spacial score (nSPS) is 39.5. The van der Waals surface area contributed by atoms with Crippen molar-refractivity contribution in [2.75, 3.05) is 0 Å². The zero-order chi connectivity index (χ0) is 11.0. The predicted octanol–water partition coefficient (Wildman–Crippen LogP) is 1.71. The van der Waals surface area contributed by atoms with E-state index in [1.54, 1.807) is 0 Å². The summed E-state index contributed by atoms with van der Waals surface area (Å²) >= 11 is 0. The molecule has 4 unspecified atom stereocenters. The fraction of sp³-hybridized carbons (Fsp3) is 0.818. The summed E-state index contributed by atoms with van der Waals surface area (Å²) in [4.78, 5) is 10.6. The van der Waals surface area contributed by atoms with Crippen molar-refractivity contribution in [3.8, 4) is 0 Å². The van der Waals surface area contributed by atoms with Crippen molar-refractivity contribution in [3.05, 3.63) is 0 Å². The molecule has 2 bridgehead atoms. The lowest BCUT2D eigenvalue weighted by molar-refractivity contribution is 0.249. The topological polar surface area (TPSA) is 67.5 Å². The number of rotatable bonds is 2. The highest BCUT2D eigenvalue weighted by molar-refractivity contribution is 5.86. The van der Waals surface area contributed by atoms with Crippen molar-refractivity contribution >= 4 is 11.7 Å². The molecule has 2 fully saturated rings. The Hall–Kier alpha value is -1.06. The van der Waals surface area contributed by atoms with Crippen LogP contribution in [0, 0.1) is 23.7 Å². The molecule has 2 saturated carbocycles. The zero-order valence-electron chi connectivity index (χ0n) is 9.36. The summed E-state index contributed by atoms with van der Waals surface area (Å²) < 4.78 is 0. The maximum Gasteiger partial charge on any atom is 0.332 e. The first-order valence-electron chi connectivity index (χ1n) is 5.69. The van der Waals surface area contributed by atoms with Crippen molar-refractivity contribution < 1.29 is 4.79 Å². The van der Waals surface area contributed by atoms with E-state index in [9.17, 15) is 4.79 Å². The van der Waals surface area contributed by atoms with Gasteiger partial charge in [-0.3, -0.25) is 0 Å². The van der Waals surface area contributed by atoms with Gasteiger partial charge in [-0.25, -0.2) is 10.2 Å². The molecule has 2 aliphatic rings. The summed E-state index contributed by atoms with van der Waals surface area (Å²) in [5, 5.41) is 4.07. The number of carbonyl (C=O) groups is 1. The SMILES string of the molecule is CC(=NNC(N)=O)C1C2CCC(C2)C1C. The molecular weight excluding hydrogens is 190 g/mol. The van der Waals surface area contributed by atoms with E-state index in [4.69, 9.17) is 5.73 Å².